The molecule has 1 aliphatic heterocycles. The largest absolute Gasteiger partial charge is 0.464 e. The van der Waals surface area contributed by atoms with E-state index < -0.39 is 11.9 Å². The summed E-state index contributed by atoms with van der Waals surface area (Å²) in [5.74, 6) is -3.08. The minimum Gasteiger partial charge on any atom is -0.464 e. The molecule has 0 aliphatic carbocycles. The number of esters is 1. The number of aryl methyl sites for hydroxylation is 1. The van der Waals surface area contributed by atoms with Gasteiger partial charge in [0.05, 0.1) is 29.9 Å². The molecule has 4 rings (SSSR count). The van der Waals surface area contributed by atoms with Gasteiger partial charge in [-0.3, -0.25) is 0 Å². The van der Waals surface area contributed by atoms with E-state index >= 15 is 0 Å². The number of methoxy groups -OCH3 is 1. The molecule has 11 heteroatoms. The van der Waals surface area contributed by atoms with Crippen LogP contribution in [0.25, 0.3) is 11.0 Å². The first kappa shape index (κ1) is 24.5. The fraction of sp³-hybridized carbons (Fsp3) is 0.375. The zero-order chi connectivity index (χ0) is 25.3. The van der Waals surface area contributed by atoms with Gasteiger partial charge in [0.2, 0.25) is 0 Å². The van der Waals surface area contributed by atoms with Crippen LogP contribution in [0.4, 0.5) is 20.3 Å². The molecule has 0 radical (unpaired) electrons. The Morgan fingerprint density at radius 1 is 1.26 bits per heavy atom. The van der Waals surface area contributed by atoms with E-state index in [0.717, 1.165) is 11.1 Å². The fourth-order valence-corrected chi connectivity index (χ4v) is 4.26. The van der Waals surface area contributed by atoms with Crippen LogP contribution >= 0.6 is 11.6 Å². The van der Waals surface area contributed by atoms with Crippen LogP contribution in [0.15, 0.2) is 24.3 Å². The van der Waals surface area contributed by atoms with Gasteiger partial charge < -0.3 is 15.0 Å². The zero-order valence-electron chi connectivity index (χ0n) is 19.4. The lowest BCUT2D eigenvalue weighted by Gasteiger charge is -2.33. The SMILES string of the molecule is COC(=O)c1nc(Cl)ccc1N[C@H](C)c1cc(C)cc2nc(C#N)c(N3CCC(F)(F)CC3)nc12. The van der Waals surface area contributed by atoms with Crippen LogP contribution in [0.1, 0.15) is 53.1 Å². The van der Waals surface area contributed by atoms with Crippen LogP contribution in [-0.2, 0) is 4.74 Å². The second-order valence-corrected chi connectivity index (χ2v) is 8.85. The summed E-state index contributed by atoms with van der Waals surface area (Å²) in [6.07, 6.45) is -0.619. The van der Waals surface area contributed by atoms with Gasteiger partial charge in [-0.15, -0.1) is 0 Å². The van der Waals surface area contributed by atoms with E-state index in [1.807, 2.05) is 26.0 Å². The Labute approximate surface area is 205 Å². The average molecular weight is 501 g/mol. The Hall–Kier alpha value is -3.58. The first-order valence-corrected chi connectivity index (χ1v) is 11.4. The van der Waals surface area contributed by atoms with Crippen LogP contribution in [0.5, 0.6) is 0 Å². The van der Waals surface area contributed by atoms with Crippen molar-refractivity contribution in [3.05, 3.63) is 51.9 Å². The van der Waals surface area contributed by atoms with E-state index in [1.54, 1.807) is 17.0 Å². The Bertz CT molecular complexity index is 1330. The molecule has 182 valence electrons. The highest BCUT2D eigenvalue weighted by atomic mass is 35.5. The molecule has 8 nitrogen and oxygen atoms in total. The van der Waals surface area contributed by atoms with E-state index in [1.165, 1.54) is 7.11 Å². The van der Waals surface area contributed by atoms with Gasteiger partial charge >= 0.3 is 5.97 Å². The van der Waals surface area contributed by atoms with Crippen molar-refractivity contribution in [1.82, 2.24) is 15.0 Å². The zero-order valence-corrected chi connectivity index (χ0v) is 20.2. The molecule has 1 atom stereocenters. The highest BCUT2D eigenvalue weighted by Crippen LogP contribution is 2.34. The highest BCUT2D eigenvalue weighted by Gasteiger charge is 2.35. The number of hydrogen-bond donors (Lipinski definition) is 1. The Kier molecular flexibility index (Phi) is 6.72. The number of anilines is 2. The number of nitrogens with zero attached hydrogens (tertiary/aromatic N) is 5. The number of piperidine rings is 1. The number of nitrogens with one attached hydrogen (secondary N) is 1. The number of carbonyl (C=O) groups is 1. The number of halogens is 3. The van der Waals surface area contributed by atoms with Crippen molar-refractivity contribution < 1.29 is 18.3 Å². The summed E-state index contributed by atoms with van der Waals surface area (Å²) in [7, 11) is 1.26. The highest BCUT2D eigenvalue weighted by molar-refractivity contribution is 6.29. The Morgan fingerprint density at radius 3 is 2.63 bits per heavy atom. The summed E-state index contributed by atoms with van der Waals surface area (Å²) in [6.45, 7) is 3.93. The standard InChI is InChI=1S/C24H23ClF2N6O2/c1-13-10-15(14(2)29-16-4-5-19(25)31-21(16)23(34)35-3)20-17(11-13)30-18(12-28)22(32-20)33-8-6-24(26,27)7-9-33/h4-5,10-11,14,29H,6-9H2,1-3H3/t14-/m1/s1. The maximum atomic E-state index is 13.7. The number of nitriles is 1. The van der Waals surface area contributed by atoms with Crippen LogP contribution < -0.4 is 10.2 Å². The molecule has 1 saturated heterocycles. The second-order valence-electron chi connectivity index (χ2n) is 8.46. The van der Waals surface area contributed by atoms with Gasteiger partial charge in [-0.05, 0) is 37.6 Å². The molecule has 0 spiro atoms. The number of ether oxygens (including phenoxy) is 1. The molecule has 1 aliphatic rings. The molecule has 0 saturated carbocycles. The third-order valence-corrected chi connectivity index (χ3v) is 6.11. The summed E-state index contributed by atoms with van der Waals surface area (Å²) in [5, 5.41) is 13.1. The van der Waals surface area contributed by atoms with Gasteiger partial charge in [0.1, 0.15) is 11.2 Å². The molecular weight excluding hydrogens is 478 g/mol. The van der Waals surface area contributed by atoms with Crippen molar-refractivity contribution in [2.24, 2.45) is 0 Å². The third-order valence-electron chi connectivity index (χ3n) is 5.90. The summed E-state index contributed by atoms with van der Waals surface area (Å²) in [4.78, 5) is 27.2. The van der Waals surface area contributed by atoms with Gasteiger partial charge in [-0.1, -0.05) is 17.7 Å². The number of hydrogen-bond acceptors (Lipinski definition) is 8. The molecule has 2 aromatic heterocycles. The third kappa shape index (κ3) is 5.10. The lowest BCUT2D eigenvalue weighted by Crippen LogP contribution is -2.40. The first-order valence-electron chi connectivity index (χ1n) is 11.0. The lowest BCUT2D eigenvalue weighted by molar-refractivity contribution is -0.0221. The summed E-state index contributed by atoms with van der Waals surface area (Å²) >= 11 is 5.96. The molecule has 0 unspecified atom stereocenters. The quantitative estimate of drug-likeness (QED) is 0.383. The number of fused-ring (bicyclic) bond motifs is 1. The van der Waals surface area contributed by atoms with E-state index in [2.05, 4.69) is 21.4 Å². The molecule has 1 fully saturated rings. The first-order chi connectivity index (χ1) is 16.6. The molecule has 3 heterocycles. The predicted molar refractivity (Wildman–Crippen MR) is 128 cm³/mol. The van der Waals surface area contributed by atoms with Crippen LogP contribution in [-0.4, -0.2) is 47.0 Å². The van der Waals surface area contributed by atoms with Crippen molar-refractivity contribution in [1.29, 1.82) is 5.26 Å². The minimum absolute atomic E-state index is 0.0385. The van der Waals surface area contributed by atoms with Gasteiger partial charge in [0, 0.05) is 31.5 Å². The van der Waals surface area contributed by atoms with Crippen molar-refractivity contribution in [3.8, 4) is 6.07 Å². The molecule has 0 amide bonds. The summed E-state index contributed by atoms with van der Waals surface area (Å²) in [5.41, 5.74) is 3.25. The van der Waals surface area contributed by atoms with E-state index in [0.29, 0.717) is 16.7 Å². The van der Waals surface area contributed by atoms with Crippen LogP contribution in [0.2, 0.25) is 5.15 Å². The molecule has 0 bridgehead atoms. The lowest BCUT2D eigenvalue weighted by atomic mass is 10.0. The Morgan fingerprint density at radius 2 is 1.97 bits per heavy atom. The van der Waals surface area contributed by atoms with E-state index in [4.69, 9.17) is 21.3 Å². The van der Waals surface area contributed by atoms with Crippen molar-refractivity contribution in [2.45, 2.75) is 38.7 Å². The topological polar surface area (TPSA) is 104 Å². The van der Waals surface area contributed by atoms with Gasteiger partial charge in [-0.2, -0.15) is 5.26 Å². The number of alkyl halides is 2. The molecular formula is C24H23ClF2N6O2. The minimum atomic E-state index is -2.72. The van der Waals surface area contributed by atoms with Gasteiger partial charge in [0.25, 0.3) is 5.92 Å². The summed E-state index contributed by atoms with van der Waals surface area (Å²) < 4.78 is 32.2. The van der Waals surface area contributed by atoms with E-state index in [-0.39, 0.29) is 54.3 Å². The molecule has 1 aromatic carbocycles. The maximum Gasteiger partial charge on any atom is 0.358 e. The second kappa shape index (κ2) is 9.58. The van der Waals surface area contributed by atoms with Crippen LogP contribution in [0.3, 0.4) is 0 Å². The van der Waals surface area contributed by atoms with E-state index in [9.17, 15) is 18.8 Å². The van der Waals surface area contributed by atoms with Crippen molar-refractivity contribution in [2.75, 3.05) is 30.4 Å². The van der Waals surface area contributed by atoms with Gasteiger partial charge in [0.15, 0.2) is 17.2 Å². The number of carbonyl (C=O) groups excluding carboxylic acids is 1. The average Bonchev–Trinajstić information content (AvgIpc) is 2.83. The fourth-order valence-electron chi connectivity index (χ4n) is 4.11. The number of pyridine rings is 1. The smallest absolute Gasteiger partial charge is 0.358 e. The monoisotopic (exact) mass is 500 g/mol. The molecule has 1 N–H and O–H groups in total. The Balaban J connectivity index is 1.77. The maximum absolute atomic E-state index is 13.7. The predicted octanol–water partition coefficient (Wildman–Crippen LogP) is 5.05. The van der Waals surface area contributed by atoms with Crippen molar-refractivity contribution in [3.63, 3.8) is 0 Å². The van der Waals surface area contributed by atoms with Crippen molar-refractivity contribution >= 4 is 40.1 Å². The number of aromatic nitrogens is 3. The van der Waals surface area contributed by atoms with Gasteiger partial charge in [-0.25, -0.2) is 28.5 Å². The number of benzene rings is 1. The van der Waals surface area contributed by atoms with Crippen LogP contribution in [0, 0.1) is 18.3 Å². The molecule has 3 aromatic rings. The summed E-state index contributed by atoms with van der Waals surface area (Å²) in [6, 6.07) is 8.62. The molecule has 35 heavy (non-hydrogen) atoms. The number of rotatable bonds is 5. The normalized spacial score (nSPS) is 16.0.